The Hall–Kier alpha value is -1.66. The smallest absolute Gasteiger partial charge is 0.261 e. The van der Waals surface area contributed by atoms with E-state index in [1.54, 1.807) is 30.3 Å². The number of thiophene rings is 1. The molecular formula is C15H15NO3S2. The summed E-state index contributed by atoms with van der Waals surface area (Å²) in [4.78, 5) is 12.6. The van der Waals surface area contributed by atoms with E-state index in [4.69, 9.17) is 0 Å². The standard InChI is InChI=1S/C15H15NO3S2/c1-10-2-6-12(7-3-10)21(18,19)14-9-8-13(20-14)15(17)16-11-4-5-11/h2-3,6-9,11H,4-5H2,1H3,(H,16,17). The zero-order valence-corrected chi connectivity index (χ0v) is 13.1. The number of amides is 1. The van der Waals surface area contributed by atoms with Gasteiger partial charge in [0.2, 0.25) is 9.84 Å². The molecule has 1 aromatic carbocycles. The molecule has 4 nitrogen and oxygen atoms in total. The zero-order valence-electron chi connectivity index (χ0n) is 11.5. The fraction of sp³-hybridized carbons (Fsp3) is 0.267. The van der Waals surface area contributed by atoms with Gasteiger partial charge in [-0.3, -0.25) is 4.79 Å². The number of sulfone groups is 1. The van der Waals surface area contributed by atoms with Crippen LogP contribution in [0.1, 0.15) is 28.1 Å². The molecule has 3 rings (SSSR count). The lowest BCUT2D eigenvalue weighted by Crippen LogP contribution is -2.24. The molecule has 0 aliphatic heterocycles. The highest BCUT2D eigenvalue weighted by Gasteiger charge is 2.26. The molecule has 0 atom stereocenters. The van der Waals surface area contributed by atoms with Crippen molar-refractivity contribution in [2.75, 3.05) is 0 Å². The molecule has 0 radical (unpaired) electrons. The summed E-state index contributed by atoms with van der Waals surface area (Å²) < 4.78 is 25.2. The van der Waals surface area contributed by atoms with Crippen LogP contribution < -0.4 is 5.32 Å². The van der Waals surface area contributed by atoms with Gasteiger partial charge in [-0.05, 0) is 44.0 Å². The monoisotopic (exact) mass is 321 g/mol. The van der Waals surface area contributed by atoms with Gasteiger partial charge < -0.3 is 5.32 Å². The predicted molar refractivity (Wildman–Crippen MR) is 81.4 cm³/mol. The normalized spacial score (nSPS) is 14.9. The van der Waals surface area contributed by atoms with Gasteiger partial charge in [0.1, 0.15) is 4.21 Å². The Labute approximate surface area is 127 Å². The first-order valence-electron chi connectivity index (χ1n) is 6.69. The molecule has 0 unspecified atom stereocenters. The van der Waals surface area contributed by atoms with Crippen molar-refractivity contribution in [2.24, 2.45) is 0 Å². The summed E-state index contributed by atoms with van der Waals surface area (Å²) in [6.45, 7) is 1.90. The maximum Gasteiger partial charge on any atom is 0.261 e. The van der Waals surface area contributed by atoms with Crippen molar-refractivity contribution in [2.45, 2.75) is 34.9 Å². The van der Waals surface area contributed by atoms with Crippen molar-refractivity contribution in [1.82, 2.24) is 5.32 Å². The lowest BCUT2D eigenvalue weighted by molar-refractivity contribution is 0.0955. The molecule has 2 aromatic rings. The first kappa shape index (κ1) is 14.3. The first-order valence-corrected chi connectivity index (χ1v) is 8.99. The van der Waals surface area contributed by atoms with Crippen LogP contribution in [0.4, 0.5) is 0 Å². The second-order valence-electron chi connectivity index (χ2n) is 5.18. The van der Waals surface area contributed by atoms with E-state index in [1.165, 1.54) is 6.07 Å². The number of carbonyl (C=O) groups is 1. The van der Waals surface area contributed by atoms with E-state index in [1.807, 2.05) is 6.92 Å². The molecule has 1 amide bonds. The number of hydrogen-bond donors (Lipinski definition) is 1. The maximum atomic E-state index is 12.5. The molecule has 1 aromatic heterocycles. The summed E-state index contributed by atoms with van der Waals surface area (Å²) in [6.07, 6.45) is 2.01. The number of carbonyl (C=O) groups excluding carboxylic acids is 1. The summed E-state index contributed by atoms with van der Waals surface area (Å²) in [5.74, 6) is -0.187. The van der Waals surface area contributed by atoms with Crippen molar-refractivity contribution in [3.05, 3.63) is 46.8 Å². The van der Waals surface area contributed by atoms with Gasteiger partial charge in [-0.25, -0.2) is 8.42 Å². The summed E-state index contributed by atoms with van der Waals surface area (Å²) in [6, 6.07) is 10.0. The van der Waals surface area contributed by atoms with Gasteiger partial charge in [0.05, 0.1) is 9.77 Å². The molecule has 1 aliphatic rings. The highest BCUT2D eigenvalue weighted by atomic mass is 32.2. The van der Waals surface area contributed by atoms with Gasteiger partial charge in [-0.1, -0.05) is 17.7 Å². The van der Waals surface area contributed by atoms with E-state index in [2.05, 4.69) is 5.32 Å². The van der Waals surface area contributed by atoms with E-state index in [-0.39, 0.29) is 21.1 Å². The van der Waals surface area contributed by atoms with Crippen LogP contribution in [-0.4, -0.2) is 20.4 Å². The SMILES string of the molecule is Cc1ccc(S(=O)(=O)c2ccc(C(=O)NC3CC3)s2)cc1. The van der Waals surface area contributed by atoms with Crippen LogP contribution in [0.5, 0.6) is 0 Å². The molecule has 0 saturated heterocycles. The molecule has 0 spiro atoms. The molecule has 0 bridgehead atoms. The van der Waals surface area contributed by atoms with Crippen LogP contribution in [-0.2, 0) is 9.84 Å². The molecular weight excluding hydrogens is 306 g/mol. The van der Waals surface area contributed by atoms with Gasteiger partial charge in [0, 0.05) is 6.04 Å². The minimum absolute atomic E-state index is 0.187. The van der Waals surface area contributed by atoms with Crippen LogP contribution in [0.3, 0.4) is 0 Å². The van der Waals surface area contributed by atoms with Gasteiger partial charge in [-0.15, -0.1) is 11.3 Å². The van der Waals surface area contributed by atoms with Crippen molar-refractivity contribution in [1.29, 1.82) is 0 Å². The predicted octanol–water partition coefficient (Wildman–Crippen LogP) is 2.78. The van der Waals surface area contributed by atoms with E-state index in [0.717, 1.165) is 29.7 Å². The highest BCUT2D eigenvalue weighted by Crippen LogP contribution is 2.28. The van der Waals surface area contributed by atoms with Crippen molar-refractivity contribution in [3.8, 4) is 0 Å². The Morgan fingerprint density at radius 1 is 1.14 bits per heavy atom. The van der Waals surface area contributed by atoms with Crippen molar-refractivity contribution >= 4 is 27.1 Å². The fourth-order valence-corrected chi connectivity index (χ4v) is 4.52. The minimum Gasteiger partial charge on any atom is -0.349 e. The Kier molecular flexibility index (Phi) is 3.59. The van der Waals surface area contributed by atoms with Gasteiger partial charge in [0.15, 0.2) is 0 Å². The van der Waals surface area contributed by atoms with Gasteiger partial charge >= 0.3 is 0 Å². The summed E-state index contributed by atoms with van der Waals surface area (Å²) in [5, 5.41) is 2.86. The molecule has 1 N–H and O–H groups in total. The minimum atomic E-state index is -3.54. The fourth-order valence-electron chi connectivity index (χ4n) is 1.90. The van der Waals surface area contributed by atoms with Crippen LogP contribution in [0, 0.1) is 6.92 Å². The molecule has 110 valence electrons. The average Bonchev–Trinajstić information content (AvgIpc) is 3.11. The van der Waals surface area contributed by atoms with Crippen molar-refractivity contribution < 1.29 is 13.2 Å². The molecule has 1 fully saturated rings. The lowest BCUT2D eigenvalue weighted by atomic mass is 10.2. The molecule has 21 heavy (non-hydrogen) atoms. The van der Waals surface area contributed by atoms with Gasteiger partial charge in [-0.2, -0.15) is 0 Å². The van der Waals surface area contributed by atoms with Crippen LogP contribution in [0.2, 0.25) is 0 Å². The Balaban J connectivity index is 1.87. The van der Waals surface area contributed by atoms with E-state index in [9.17, 15) is 13.2 Å². The Morgan fingerprint density at radius 3 is 2.43 bits per heavy atom. The maximum absolute atomic E-state index is 12.5. The first-order chi connectivity index (χ1) is 9.96. The lowest BCUT2D eigenvalue weighted by Gasteiger charge is -2.02. The quantitative estimate of drug-likeness (QED) is 0.942. The Morgan fingerprint density at radius 2 is 1.81 bits per heavy atom. The number of nitrogens with one attached hydrogen (secondary N) is 1. The third kappa shape index (κ3) is 3.01. The van der Waals surface area contributed by atoms with Crippen LogP contribution in [0.15, 0.2) is 45.5 Å². The second-order valence-corrected chi connectivity index (χ2v) is 8.44. The number of benzene rings is 1. The highest BCUT2D eigenvalue weighted by molar-refractivity contribution is 7.93. The second kappa shape index (κ2) is 5.27. The number of hydrogen-bond acceptors (Lipinski definition) is 4. The molecule has 6 heteroatoms. The molecule has 1 aliphatic carbocycles. The topological polar surface area (TPSA) is 63.2 Å². The average molecular weight is 321 g/mol. The third-order valence-corrected chi connectivity index (χ3v) is 6.66. The van der Waals surface area contributed by atoms with E-state index < -0.39 is 9.84 Å². The number of rotatable bonds is 4. The summed E-state index contributed by atoms with van der Waals surface area (Å²) in [5.41, 5.74) is 1.00. The zero-order chi connectivity index (χ0) is 15.0. The van der Waals surface area contributed by atoms with E-state index in [0.29, 0.717) is 4.88 Å². The number of aryl methyl sites for hydroxylation is 1. The third-order valence-electron chi connectivity index (χ3n) is 3.31. The Bertz CT molecular complexity index is 772. The van der Waals surface area contributed by atoms with Gasteiger partial charge in [0.25, 0.3) is 5.91 Å². The van der Waals surface area contributed by atoms with Crippen molar-refractivity contribution in [3.63, 3.8) is 0 Å². The molecule has 1 saturated carbocycles. The summed E-state index contributed by atoms with van der Waals surface area (Å²) >= 11 is 1.02. The largest absolute Gasteiger partial charge is 0.349 e. The van der Waals surface area contributed by atoms with Crippen LogP contribution in [0.25, 0.3) is 0 Å². The summed E-state index contributed by atoms with van der Waals surface area (Å²) in [7, 11) is -3.54. The van der Waals surface area contributed by atoms with E-state index >= 15 is 0 Å². The molecule has 1 heterocycles. The van der Waals surface area contributed by atoms with Crippen LogP contribution >= 0.6 is 11.3 Å².